The van der Waals surface area contributed by atoms with Crippen molar-refractivity contribution >= 4 is 15.5 Å². The van der Waals surface area contributed by atoms with E-state index in [1.165, 1.54) is 13.2 Å². The molecule has 1 aliphatic heterocycles. The maximum absolute atomic E-state index is 11.9. The molecule has 0 fully saturated rings. The van der Waals surface area contributed by atoms with Crippen molar-refractivity contribution in [2.24, 2.45) is 0 Å². The van der Waals surface area contributed by atoms with Crippen molar-refractivity contribution in [2.75, 3.05) is 18.2 Å². The van der Waals surface area contributed by atoms with Crippen LogP contribution >= 0.6 is 0 Å². The quantitative estimate of drug-likeness (QED) is 0.782. The van der Waals surface area contributed by atoms with Gasteiger partial charge in [0, 0.05) is 6.07 Å². The first-order valence-electron chi connectivity index (χ1n) is 4.64. The number of ether oxygens (including phenoxy) is 1. The van der Waals surface area contributed by atoms with Gasteiger partial charge in [-0.05, 0) is 12.1 Å². The first-order chi connectivity index (χ1) is 7.56. The van der Waals surface area contributed by atoms with E-state index in [0.717, 1.165) is 0 Å². The molecule has 1 atom stereocenters. The summed E-state index contributed by atoms with van der Waals surface area (Å²) < 4.78 is 28.7. The number of anilines is 1. The Bertz CT molecular complexity index is 560. The Labute approximate surface area is 93.6 Å². The van der Waals surface area contributed by atoms with Gasteiger partial charge in [-0.2, -0.15) is 5.26 Å². The fourth-order valence-corrected chi connectivity index (χ4v) is 3.15. The molecule has 1 aliphatic rings. The molecule has 0 aliphatic carbocycles. The highest BCUT2D eigenvalue weighted by Gasteiger charge is 2.30. The first kappa shape index (κ1) is 10.8. The highest BCUT2D eigenvalue weighted by atomic mass is 32.2. The zero-order valence-corrected chi connectivity index (χ0v) is 9.41. The average Bonchev–Trinajstić information content (AvgIpc) is 2.27. The summed E-state index contributed by atoms with van der Waals surface area (Å²) in [5, 5.41) is 11.6. The lowest BCUT2D eigenvalue weighted by Gasteiger charge is -2.22. The van der Waals surface area contributed by atoms with Gasteiger partial charge < -0.3 is 10.1 Å². The summed E-state index contributed by atoms with van der Waals surface area (Å²) in [5.41, 5.74) is 0.457. The van der Waals surface area contributed by atoms with Crippen LogP contribution in [0.1, 0.15) is 0 Å². The SMILES string of the molecule is COc1ccc2c(c1)S(=O)(=O)CC(C#N)N2. The Morgan fingerprint density at radius 1 is 1.56 bits per heavy atom. The number of nitrogens with one attached hydrogen (secondary N) is 1. The largest absolute Gasteiger partial charge is 0.497 e. The maximum Gasteiger partial charge on any atom is 0.183 e. The zero-order valence-electron chi connectivity index (χ0n) is 8.60. The lowest BCUT2D eigenvalue weighted by molar-refractivity contribution is 0.413. The molecule has 1 heterocycles. The van der Waals surface area contributed by atoms with E-state index in [1.807, 2.05) is 6.07 Å². The summed E-state index contributed by atoms with van der Waals surface area (Å²) in [6, 6.07) is 5.94. The second-order valence-corrected chi connectivity index (χ2v) is 5.47. The molecule has 84 valence electrons. The number of benzene rings is 1. The smallest absolute Gasteiger partial charge is 0.183 e. The van der Waals surface area contributed by atoms with Gasteiger partial charge in [0.2, 0.25) is 0 Å². The number of fused-ring (bicyclic) bond motifs is 1. The van der Waals surface area contributed by atoms with Crippen LogP contribution < -0.4 is 10.1 Å². The third kappa shape index (κ3) is 1.70. The van der Waals surface area contributed by atoms with Gasteiger partial charge in [-0.1, -0.05) is 0 Å². The second kappa shape index (κ2) is 3.68. The van der Waals surface area contributed by atoms with Crippen molar-refractivity contribution in [1.82, 2.24) is 0 Å². The summed E-state index contributed by atoms with van der Waals surface area (Å²) in [6.45, 7) is 0. The molecule has 0 bridgehead atoms. The topological polar surface area (TPSA) is 79.2 Å². The summed E-state index contributed by atoms with van der Waals surface area (Å²) >= 11 is 0. The number of rotatable bonds is 1. The molecule has 2 rings (SSSR count). The molecule has 0 spiro atoms. The number of methoxy groups -OCH3 is 1. The highest BCUT2D eigenvalue weighted by Crippen LogP contribution is 2.31. The van der Waals surface area contributed by atoms with E-state index in [4.69, 9.17) is 10.00 Å². The number of nitriles is 1. The van der Waals surface area contributed by atoms with Crippen LogP contribution in [-0.2, 0) is 9.84 Å². The minimum Gasteiger partial charge on any atom is -0.497 e. The third-order valence-corrected chi connectivity index (χ3v) is 4.18. The molecule has 1 N–H and O–H groups in total. The molecular formula is C10H10N2O3S. The van der Waals surface area contributed by atoms with Crippen molar-refractivity contribution in [3.05, 3.63) is 18.2 Å². The predicted molar refractivity (Wildman–Crippen MR) is 58.1 cm³/mol. The molecule has 0 saturated carbocycles. The van der Waals surface area contributed by atoms with Crippen LogP contribution in [0.4, 0.5) is 5.69 Å². The minimum atomic E-state index is -3.40. The van der Waals surface area contributed by atoms with Crippen LogP contribution in [0.25, 0.3) is 0 Å². The fourth-order valence-electron chi connectivity index (χ4n) is 1.61. The van der Waals surface area contributed by atoms with Crippen molar-refractivity contribution in [3.63, 3.8) is 0 Å². The van der Waals surface area contributed by atoms with E-state index < -0.39 is 15.9 Å². The molecule has 1 aromatic rings. The van der Waals surface area contributed by atoms with Crippen LogP contribution in [0.3, 0.4) is 0 Å². The van der Waals surface area contributed by atoms with E-state index in [9.17, 15) is 8.42 Å². The number of sulfone groups is 1. The second-order valence-electron chi connectivity index (χ2n) is 3.47. The standard InChI is InChI=1S/C10H10N2O3S/c1-15-8-2-3-9-10(4-8)16(13,14)6-7(5-11)12-9/h2-4,7,12H,6H2,1H3. The number of hydrogen-bond donors (Lipinski definition) is 1. The van der Waals surface area contributed by atoms with Gasteiger partial charge >= 0.3 is 0 Å². The van der Waals surface area contributed by atoms with Gasteiger partial charge in [0.1, 0.15) is 11.8 Å². The molecule has 0 saturated heterocycles. The van der Waals surface area contributed by atoms with Crippen LogP contribution in [0.15, 0.2) is 23.1 Å². The zero-order chi connectivity index (χ0) is 11.8. The van der Waals surface area contributed by atoms with E-state index in [2.05, 4.69) is 5.32 Å². The summed E-state index contributed by atoms with van der Waals surface area (Å²) in [7, 11) is -1.93. The first-order valence-corrected chi connectivity index (χ1v) is 6.29. The molecule has 5 nitrogen and oxygen atoms in total. The summed E-state index contributed by atoms with van der Waals surface area (Å²) in [4.78, 5) is 0.193. The Balaban J connectivity index is 2.57. The van der Waals surface area contributed by atoms with Crippen molar-refractivity contribution in [1.29, 1.82) is 5.26 Å². The van der Waals surface area contributed by atoms with E-state index in [-0.39, 0.29) is 10.6 Å². The van der Waals surface area contributed by atoms with E-state index in [1.54, 1.807) is 12.1 Å². The normalized spacial score (nSPS) is 21.4. The van der Waals surface area contributed by atoms with Crippen LogP contribution in [0, 0.1) is 11.3 Å². The summed E-state index contributed by atoms with van der Waals surface area (Å²) in [5.74, 6) is 0.281. The Morgan fingerprint density at radius 3 is 2.94 bits per heavy atom. The van der Waals surface area contributed by atoms with Crippen LogP contribution in [0.2, 0.25) is 0 Å². The van der Waals surface area contributed by atoms with Gasteiger partial charge in [0.05, 0.1) is 29.5 Å². The van der Waals surface area contributed by atoms with Crippen molar-refractivity contribution in [3.8, 4) is 11.8 Å². The van der Waals surface area contributed by atoms with Crippen molar-refractivity contribution < 1.29 is 13.2 Å². The number of hydrogen-bond acceptors (Lipinski definition) is 5. The monoisotopic (exact) mass is 238 g/mol. The molecule has 0 radical (unpaired) electrons. The average molecular weight is 238 g/mol. The van der Waals surface area contributed by atoms with E-state index in [0.29, 0.717) is 11.4 Å². The Morgan fingerprint density at radius 2 is 2.31 bits per heavy atom. The van der Waals surface area contributed by atoms with Gasteiger partial charge in [-0.15, -0.1) is 0 Å². The van der Waals surface area contributed by atoms with Gasteiger partial charge in [0.15, 0.2) is 9.84 Å². The Hall–Kier alpha value is -1.74. The fraction of sp³-hybridized carbons (Fsp3) is 0.300. The molecule has 1 unspecified atom stereocenters. The third-order valence-electron chi connectivity index (χ3n) is 2.40. The van der Waals surface area contributed by atoms with Crippen LogP contribution in [-0.4, -0.2) is 27.3 Å². The molecular weight excluding hydrogens is 228 g/mol. The predicted octanol–water partition coefficient (Wildman–Crippen LogP) is 0.787. The number of nitrogens with zero attached hydrogens (tertiary/aromatic N) is 1. The van der Waals surface area contributed by atoms with Crippen LogP contribution in [0.5, 0.6) is 5.75 Å². The maximum atomic E-state index is 11.9. The Kier molecular flexibility index (Phi) is 2.48. The van der Waals surface area contributed by atoms with E-state index >= 15 is 0 Å². The summed E-state index contributed by atoms with van der Waals surface area (Å²) in [6.07, 6.45) is 0. The minimum absolute atomic E-state index is 0.193. The highest BCUT2D eigenvalue weighted by molar-refractivity contribution is 7.91. The lowest BCUT2D eigenvalue weighted by atomic mass is 10.2. The molecule has 0 amide bonds. The van der Waals surface area contributed by atoms with Gasteiger partial charge in [-0.3, -0.25) is 0 Å². The molecule has 0 aromatic heterocycles. The molecule has 6 heteroatoms. The molecule has 1 aromatic carbocycles. The van der Waals surface area contributed by atoms with Gasteiger partial charge in [-0.25, -0.2) is 8.42 Å². The molecule has 16 heavy (non-hydrogen) atoms. The van der Waals surface area contributed by atoms with Crippen molar-refractivity contribution in [2.45, 2.75) is 10.9 Å². The lowest BCUT2D eigenvalue weighted by Crippen LogP contribution is -2.32. The van der Waals surface area contributed by atoms with Gasteiger partial charge in [0.25, 0.3) is 0 Å².